The molecule has 0 radical (unpaired) electrons. The third-order valence-corrected chi connectivity index (χ3v) is 4.08. The van der Waals surface area contributed by atoms with Crippen molar-refractivity contribution in [3.05, 3.63) is 0 Å². The molecule has 3 unspecified atom stereocenters. The first-order valence-corrected chi connectivity index (χ1v) is 8.19. The highest BCUT2D eigenvalue weighted by Gasteiger charge is 2.34. The lowest BCUT2D eigenvalue weighted by Gasteiger charge is -2.24. The molecule has 1 fully saturated rings. The normalized spacial score (nSPS) is 26.1. The van der Waals surface area contributed by atoms with Crippen LogP contribution in [-0.2, 0) is 9.53 Å². The van der Waals surface area contributed by atoms with Crippen LogP contribution in [0, 0.1) is 5.92 Å². The zero-order chi connectivity index (χ0) is 14.3. The monoisotopic (exact) mass is 290 g/mol. The van der Waals surface area contributed by atoms with Crippen LogP contribution in [0.1, 0.15) is 20.3 Å². The molecular weight excluding hydrogens is 264 g/mol. The summed E-state index contributed by atoms with van der Waals surface area (Å²) in [6, 6.07) is 0.0884. The quantitative estimate of drug-likeness (QED) is 0.597. The van der Waals surface area contributed by atoms with E-state index in [-0.39, 0.29) is 24.4 Å². The Bertz CT molecular complexity index is 287. The number of amides is 1. The van der Waals surface area contributed by atoms with E-state index in [1.807, 2.05) is 6.26 Å². The van der Waals surface area contributed by atoms with Gasteiger partial charge in [0.2, 0.25) is 5.91 Å². The highest BCUT2D eigenvalue weighted by atomic mass is 32.2. The van der Waals surface area contributed by atoms with Crippen LogP contribution in [0.3, 0.4) is 0 Å². The van der Waals surface area contributed by atoms with Crippen molar-refractivity contribution in [3.8, 4) is 0 Å². The molecule has 0 aliphatic carbocycles. The summed E-state index contributed by atoms with van der Waals surface area (Å²) in [5.41, 5.74) is -0.860. The molecule has 0 spiro atoms. The van der Waals surface area contributed by atoms with Crippen molar-refractivity contribution in [3.63, 3.8) is 0 Å². The van der Waals surface area contributed by atoms with Gasteiger partial charge in [0.15, 0.2) is 0 Å². The van der Waals surface area contributed by atoms with Crippen LogP contribution in [0.4, 0.5) is 0 Å². The summed E-state index contributed by atoms with van der Waals surface area (Å²) in [5, 5.41) is 16.2. The van der Waals surface area contributed by atoms with Crippen molar-refractivity contribution in [2.45, 2.75) is 31.9 Å². The number of ether oxygens (including phenoxy) is 1. The number of thioether (sulfide) groups is 1. The zero-order valence-electron chi connectivity index (χ0n) is 12.1. The molecule has 1 saturated heterocycles. The number of hydrogen-bond acceptors (Lipinski definition) is 5. The predicted molar refractivity (Wildman–Crippen MR) is 78.4 cm³/mol. The molecule has 1 heterocycles. The first-order chi connectivity index (χ1) is 9.00. The average Bonchev–Trinajstić information content (AvgIpc) is 2.82. The maximum atomic E-state index is 12.1. The van der Waals surface area contributed by atoms with Crippen molar-refractivity contribution in [1.29, 1.82) is 0 Å². The van der Waals surface area contributed by atoms with Crippen LogP contribution in [0.5, 0.6) is 0 Å². The SMILES string of the molecule is CCCNC1COCC1C(=O)NCC(C)(O)CSC. The second-order valence-corrected chi connectivity index (χ2v) is 6.22. The Balaban J connectivity index is 2.39. The first-order valence-electron chi connectivity index (χ1n) is 6.80. The Morgan fingerprint density at radius 3 is 2.89 bits per heavy atom. The molecule has 1 amide bonds. The van der Waals surface area contributed by atoms with Crippen LogP contribution in [0.2, 0.25) is 0 Å². The van der Waals surface area contributed by atoms with Gasteiger partial charge in [-0.2, -0.15) is 11.8 Å². The van der Waals surface area contributed by atoms with Crippen LogP contribution in [0.15, 0.2) is 0 Å². The second-order valence-electron chi connectivity index (χ2n) is 5.35. The molecule has 1 aliphatic heterocycles. The lowest BCUT2D eigenvalue weighted by molar-refractivity contribution is -0.126. The van der Waals surface area contributed by atoms with Gasteiger partial charge in [-0.05, 0) is 26.1 Å². The van der Waals surface area contributed by atoms with Gasteiger partial charge in [0.25, 0.3) is 0 Å². The zero-order valence-corrected chi connectivity index (χ0v) is 12.9. The fourth-order valence-electron chi connectivity index (χ4n) is 2.11. The summed E-state index contributed by atoms with van der Waals surface area (Å²) < 4.78 is 5.38. The lowest BCUT2D eigenvalue weighted by Crippen LogP contribution is -2.48. The van der Waals surface area contributed by atoms with Crippen LogP contribution in [0.25, 0.3) is 0 Å². The van der Waals surface area contributed by atoms with Crippen molar-refractivity contribution >= 4 is 17.7 Å². The van der Waals surface area contributed by atoms with Gasteiger partial charge >= 0.3 is 0 Å². The molecule has 112 valence electrons. The van der Waals surface area contributed by atoms with E-state index >= 15 is 0 Å². The van der Waals surface area contributed by atoms with Gasteiger partial charge in [-0.1, -0.05) is 6.92 Å². The van der Waals surface area contributed by atoms with Crippen LogP contribution >= 0.6 is 11.8 Å². The number of carbonyl (C=O) groups is 1. The number of nitrogens with one attached hydrogen (secondary N) is 2. The maximum absolute atomic E-state index is 12.1. The van der Waals surface area contributed by atoms with Crippen molar-refractivity contribution in [2.24, 2.45) is 5.92 Å². The molecule has 1 aliphatic rings. The molecule has 0 saturated carbocycles. The van der Waals surface area contributed by atoms with Crippen LogP contribution in [-0.4, -0.2) is 61.0 Å². The van der Waals surface area contributed by atoms with Gasteiger partial charge in [-0.3, -0.25) is 4.79 Å². The minimum absolute atomic E-state index is 0.0347. The Kier molecular flexibility index (Phi) is 7.13. The van der Waals surface area contributed by atoms with Crippen LogP contribution < -0.4 is 10.6 Å². The van der Waals surface area contributed by atoms with Crippen molar-refractivity contribution < 1.29 is 14.6 Å². The molecule has 5 nitrogen and oxygen atoms in total. The number of carbonyl (C=O) groups excluding carboxylic acids is 1. The summed E-state index contributed by atoms with van der Waals surface area (Å²) in [5.74, 6) is 0.412. The topological polar surface area (TPSA) is 70.6 Å². The van der Waals surface area contributed by atoms with Gasteiger partial charge in [0, 0.05) is 18.3 Å². The summed E-state index contributed by atoms with van der Waals surface area (Å²) in [6.45, 7) is 6.04. The molecule has 6 heteroatoms. The van der Waals surface area contributed by atoms with Gasteiger partial charge in [0.1, 0.15) is 0 Å². The largest absolute Gasteiger partial charge is 0.387 e. The van der Waals surface area contributed by atoms with Gasteiger partial charge in [0.05, 0.1) is 24.7 Å². The first kappa shape index (κ1) is 16.8. The predicted octanol–water partition coefficient (Wildman–Crippen LogP) is 0.231. The third kappa shape index (κ3) is 5.69. The molecule has 1 rings (SSSR count). The summed E-state index contributed by atoms with van der Waals surface area (Å²) in [4.78, 5) is 12.1. The van der Waals surface area contributed by atoms with Crippen molar-refractivity contribution in [1.82, 2.24) is 10.6 Å². The number of rotatable bonds is 8. The molecule has 0 aromatic rings. The van der Waals surface area contributed by atoms with Gasteiger partial charge < -0.3 is 20.5 Å². The molecule has 0 bridgehead atoms. The van der Waals surface area contributed by atoms with Crippen molar-refractivity contribution in [2.75, 3.05) is 38.3 Å². The van der Waals surface area contributed by atoms with E-state index < -0.39 is 5.60 Å². The fraction of sp³-hybridized carbons (Fsp3) is 0.923. The summed E-state index contributed by atoms with van der Waals surface area (Å²) >= 11 is 1.57. The molecular formula is C13H26N2O3S. The Morgan fingerprint density at radius 2 is 2.26 bits per heavy atom. The highest BCUT2D eigenvalue weighted by molar-refractivity contribution is 7.98. The average molecular weight is 290 g/mol. The number of aliphatic hydroxyl groups is 1. The minimum Gasteiger partial charge on any atom is -0.387 e. The maximum Gasteiger partial charge on any atom is 0.227 e. The van der Waals surface area contributed by atoms with E-state index in [1.165, 1.54) is 0 Å². The summed E-state index contributed by atoms with van der Waals surface area (Å²) in [6.07, 6.45) is 2.97. The van der Waals surface area contributed by atoms with E-state index in [4.69, 9.17) is 4.74 Å². The van der Waals surface area contributed by atoms with E-state index in [1.54, 1.807) is 18.7 Å². The minimum atomic E-state index is -0.860. The third-order valence-electron chi connectivity index (χ3n) is 3.17. The Labute approximate surface area is 119 Å². The lowest BCUT2D eigenvalue weighted by atomic mass is 10.0. The van der Waals surface area contributed by atoms with E-state index in [0.29, 0.717) is 19.0 Å². The van der Waals surface area contributed by atoms with E-state index in [0.717, 1.165) is 13.0 Å². The van der Waals surface area contributed by atoms with Gasteiger partial charge in [-0.15, -0.1) is 0 Å². The molecule has 19 heavy (non-hydrogen) atoms. The smallest absolute Gasteiger partial charge is 0.227 e. The standard InChI is InChI=1S/C13H26N2O3S/c1-4-5-14-11-7-18-6-10(11)12(16)15-8-13(2,17)9-19-3/h10-11,14,17H,4-9H2,1-3H3,(H,15,16). The molecule has 0 aromatic heterocycles. The Morgan fingerprint density at radius 1 is 1.53 bits per heavy atom. The Hall–Kier alpha value is -0.300. The van der Waals surface area contributed by atoms with E-state index in [9.17, 15) is 9.90 Å². The molecule has 3 N–H and O–H groups in total. The van der Waals surface area contributed by atoms with E-state index in [2.05, 4.69) is 17.6 Å². The second kappa shape index (κ2) is 8.09. The summed E-state index contributed by atoms with van der Waals surface area (Å²) in [7, 11) is 0. The molecule has 3 atom stereocenters. The highest BCUT2D eigenvalue weighted by Crippen LogP contribution is 2.15. The fourth-order valence-corrected chi connectivity index (χ4v) is 2.84. The number of hydrogen-bond donors (Lipinski definition) is 3. The van der Waals surface area contributed by atoms with Gasteiger partial charge in [-0.25, -0.2) is 0 Å². The molecule has 0 aromatic carbocycles.